The highest BCUT2D eigenvalue weighted by molar-refractivity contribution is 7.89. The zero-order chi connectivity index (χ0) is 32.8. The third-order valence-corrected chi connectivity index (χ3v) is 9.10. The van der Waals surface area contributed by atoms with Crippen molar-refractivity contribution in [3.05, 3.63) is 69.8 Å². The number of amides is 1. The number of hydrogen-bond donors (Lipinski definition) is 2. The van der Waals surface area contributed by atoms with Crippen LogP contribution >= 0.6 is 0 Å². The average Bonchev–Trinajstić information content (AvgIpc) is 3.25. The number of aryl methyl sites for hydroxylation is 1. The summed E-state index contributed by atoms with van der Waals surface area (Å²) in [5.74, 6) is -2.81. The highest BCUT2D eigenvalue weighted by atomic mass is 32.2. The first-order valence-corrected chi connectivity index (χ1v) is 15.6. The van der Waals surface area contributed by atoms with Crippen molar-refractivity contribution in [1.29, 1.82) is 0 Å². The zero-order valence-electron chi connectivity index (χ0n) is 25.9. The molecule has 2 fully saturated rings. The Morgan fingerprint density at radius 3 is 2.16 bits per heavy atom. The lowest BCUT2D eigenvalue weighted by Gasteiger charge is -2.37. The van der Waals surface area contributed by atoms with Crippen LogP contribution in [0.4, 0.5) is 10.5 Å². The number of carbonyl (C=O) groups is 2. The monoisotopic (exact) mass is 633 g/mol. The molecule has 1 saturated carbocycles. The molecule has 2 aromatic carbocycles. The Labute approximate surface area is 256 Å². The van der Waals surface area contributed by atoms with Crippen LogP contribution in [0.2, 0.25) is 0 Å². The first-order valence-electron chi connectivity index (χ1n) is 14.1. The van der Waals surface area contributed by atoms with Crippen LogP contribution in [-0.4, -0.2) is 66.7 Å². The van der Waals surface area contributed by atoms with Crippen LogP contribution in [0.3, 0.4) is 0 Å². The van der Waals surface area contributed by atoms with Gasteiger partial charge in [0.05, 0.1) is 27.5 Å². The Morgan fingerprint density at radius 1 is 1.02 bits per heavy atom. The molecule has 0 radical (unpaired) electrons. The number of hydrogen-bond acceptors (Lipinski definition) is 10. The van der Waals surface area contributed by atoms with Gasteiger partial charge in [0, 0.05) is 18.1 Å². The van der Waals surface area contributed by atoms with E-state index >= 15 is 0 Å². The molecule has 240 valence electrons. The first-order chi connectivity index (χ1) is 20.2. The topological polar surface area (TPSA) is 172 Å². The van der Waals surface area contributed by atoms with Crippen LogP contribution in [0, 0.1) is 23.0 Å². The molecule has 6 atom stereocenters. The van der Waals surface area contributed by atoms with E-state index in [4.69, 9.17) is 18.9 Å². The molecule has 2 aliphatic rings. The molecule has 0 spiro atoms. The fourth-order valence-electron chi connectivity index (χ4n) is 6.00. The van der Waals surface area contributed by atoms with Gasteiger partial charge in [0.2, 0.25) is 10.0 Å². The number of alkyl carbamates (subject to hydrolysis) is 1. The quantitative estimate of drug-likeness (QED) is 0.243. The van der Waals surface area contributed by atoms with E-state index in [2.05, 4.69) is 10.0 Å². The minimum atomic E-state index is -4.17. The van der Waals surface area contributed by atoms with Crippen molar-refractivity contribution in [2.75, 3.05) is 0 Å². The summed E-state index contributed by atoms with van der Waals surface area (Å²) in [6.45, 7) is 13.6. The second-order valence-electron chi connectivity index (χ2n) is 12.8. The smallest absolute Gasteiger partial charge is 0.408 e. The Balaban J connectivity index is 1.74. The highest BCUT2D eigenvalue weighted by Crippen LogP contribution is 2.52. The Bertz CT molecular complexity index is 1520. The van der Waals surface area contributed by atoms with E-state index in [1.165, 1.54) is 36.4 Å². The average molecular weight is 634 g/mol. The largest absolute Gasteiger partial charge is 0.459 e. The molecule has 1 saturated heterocycles. The third-order valence-electron chi connectivity index (χ3n) is 7.62. The molecule has 2 N–H and O–H groups in total. The summed E-state index contributed by atoms with van der Waals surface area (Å²) in [5, 5.41) is 13.8. The standard InChI is InChI=1S/C30H39N3O10S/c1-17-9-15-21(16-10-17)44(38,39)32-23-22(18(2)40-26(34)19-11-13-20(14-12-19)33(36)37)30(8)25(41-29(6,7)43-30)24(23)31-27(35)42-28(3,4)5/h9-16,18,22-25,32H,1-8H3,(H,31,35)/t18-,22+,23+,24-,25-,30+/m0/s1. The summed E-state index contributed by atoms with van der Waals surface area (Å²) >= 11 is 0. The summed E-state index contributed by atoms with van der Waals surface area (Å²) < 4.78 is 54.1. The SMILES string of the molecule is Cc1ccc(S(=O)(=O)N[C@H]2[C@H](NC(=O)OC(C)(C)C)[C@@H]3OC(C)(C)O[C@]3(C)[C@@H]2[C@H](C)OC(=O)c2ccc([N+](=O)[O-])cc2)cc1. The van der Waals surface area contributed by atoms with Crippen LogP contribution in [-0.2, 0) is 29.0 Å². The summed E-state index contributed by atoms with van der Waals surface area (Å²) in [7, 11) is -4.17. The van der Waals surface area contributed by atoms with Gasteiger partial charge in [0.15, 0.2) is 5.79 Å². The van der Waals surface area contributed by atoms with Crippen molar-refractivity contribution in [2.24, 2.45) is 5.92 Å². The lowest BCUT2D eigenvalue weighted by Crippen LogP contribution is -2.57. The maximum absolute atomic E-state index is 13.7. The molecular weight excluding hydrogens is 594 g/mol. The Hall–Kier alpha value is -3.59. The molecule has 0 unspecified atom stereocenters. The Morgan fingerprint density at radius 2 is 1.61 bits per heavy atom. The summed E-state index contributed by atoms with van der Waals surface area (Å²) in [4.78, 5) is 36.7. The molecule has 13 nitrogen and oxygen atoms in total. The van der Waals surface area contributed by atoms with Crippen molar-refractivity contribution < 1.29 is 41.9 Å². The van der Waals surface area contributed by atoms with Gasteiger partial charge in [-0.25, -0.2) is 22.7 Å². The first kappa shape index (κ1) is 33.3. The number of nitro groups is 1. The van der Waals surface area contributed by atoms with E-state index in [0.29, 0.717) is 0 Å². The van der Waals surface area contributed by atoms with Crippen LogP contribution < -0.4 is 10.0 Å². The number of nitro benzene ring substituents is 1. The van der Waals surface area contributed by atoms with Gasteiger partial charge in [-0.2, -0.15) is 0 Å². The lowest BCUT2D eigenvalue weighted by molar-refractivity contribution is -0.384. The van der Waals surface area contributed by atoms with E-state index in [1.807, 2.05) is 6.92 Å². The number of esters is 1. The van der Waals surface area contributed by atoms with Crippen molar-refractivity contribution >= 4 is 27.8 Å². The number of ether oxygens (including phenoxy) is 4. The highest BCUT2D eigenvalue weighted by Gasteiger charge is 2.69. The molecule has 44 heavy (non-hydrogen) atoms. The van der Waals surface area contributed by atoms with Gasteiger partial charge in [0.25, 0.3) is 5.69 Å². The van der Waals surface area contributed by atoms with Gasteiger partial charge in [-0.1, -0.05) is 17.7 Å². The molecule has 1 heterocycles. The second kappa shape index (κ2) is 11.7. The summed E-state index contributed by atoms with van der Waals surface area (Å²) in [6, 6.07) is 9.07. The summed E-state index contributed by atoms with van der Waals surface area (Å²) in [5.41, 5.74) is -1.38. The van der Waals surface area contributed by atoms with E-state index in [1.54, 1.807) is 60.6 Å². The number of carbonyl (C=O) groups excluding carboxylic acids is 2. The second-order valence-corrected chi connectivity index (χ2v) is 14.5. The van der Waals surface area contributed by atoms with Gasteiger partial charge in [0.1, 0.15) is 23.4 Å². The molecular formula is C30H39N3O10S. The number of rotatable bonds is 8. The minimum Gasteiger partial charge on any atom is -0.459 e. The molecule has 0 bridgehead atoms. The number of non-ortho nitro benzene ring substituents is 1. The van der Waals surface area contributed by atoms with Gasteiger partial charge < -0.3 is 24.3 Å². The number of nitrogens with zero attached hydrogens (tertiary/aromatic N) is 1. The molecule has 1 amide bonds. The lowest BCUT2D eigenvalue weighted by atomic mass is 9.85. The predicted molar refractivity (Wildman–Crippen MR) is 158 cm³/mol. The van der Waals surface area contributed by atoms with Crippen LogP contribution in [0.5, 0.6) is 0 Å². The van der Waals surface area contributed by atoms with Gasteiger partial charge in [-0.15, -0.1) is 0 Å². The zero-order valence-corrected chi connectivity index (χ0v) is 26.8. The van der Waals surface area contributed by atoms with Crippen LogP contribution in [0.25, 0.3) is 0 Å². The summed E-state index contributed by atoms with van der Waals surface area (Å²) in [6.07, 6.45) is -2.69. The van der Waals surface area contributed by atoms with Crippen molar-refractivity contribution in [3.8, 4) is 0 Å². The molecule has 14 heteroatoms. The van der Waals surface area contributed by atoms with Crippen LogP contribution in [0.1, 0.15) is 64.4 Å². The molecule has 1 aliphatic heterocycles. The van der Waals surface area contributed by atoms with Gasteiger partial charge in [-0.3, -0.25) is 10.1 Å². The number of sulfonamides is 1. The van der Waals surface area contributed by atoms with Crippen molar-refractivity contribution in [2.45, 2.75) is 102 Å². The molecule has 4 rings (SSSR count). The number of benzene rings is 2. The predicted octanol–water partition coefficient (Wildman–Crippen LogP) is 4.23. The fourth-order valence-corrected chi connectivity index (χ4v) is 7.28. The maximum Gasteiger partial charge on any atom is 0.408 e. The fraction of sp³-hybridized carbons (Fsp3) is 0.533. The van der Waals surface area contributed by atoms with E-state index in [9.17, 15) is 28.1 Å². The van der Waals surface area contributed by atoms with E-state index in [0.717, 1.165) is 5.56 Å². The normalized spacial score (nSPS) is 26.8. The van der Waals surface area contributed by atoms with Crippen molar-refractivity contribution in [1.82, 2.24) is 10.0 Å². The number of nitrogens with one attached hydrogen (secondary N) is 2. The third kappa shape index (κ3) is 7.04. The van der Waals surface area contributed by atoms with Crippen LogP contribution in [0.15, 0.2) is 53.4 Å². The van der Waals surface area contributed by atoms with E-state index < -0.39 is 74.2 Å². The van der Waals surface area contributed by atoms with Gasteiger partial charge >= 0.3 is 12.1 Å². The minimum absolute atomic E-state index is 0.00206. The molecule has 1 aliphatic carbocycles. The van der Waals surface area contributed by atoms with E-state index in [-0.39, 0.29) is 16.1 Å². The van der Waals surface area contributed by atoms with Crippen molar-refractivity contribution in [3.63, 3.8) is 0 Å². The van der Waals surface area contributed by atoms with Gasteiger partial charge in [-0.05, 0) is 79.7 Å². The molecule has 2 aromatic rings. The maximum atomic E-state index is 13.7. The number of fused-ring (bicyclic) bond motifs is 1. The molecule has 0 aromatic heterocycles. The Kier molecular flexibility index (Phi) is 8.88.